The molecule has 19 heavy (non-hydrogen) atoms. The van der Waals surface area contributed by atoms with Crippen LogP contribution in [0.25, 0.3) is 0 Å². The van der Waals surface area contributed by atoms with Crippen LogP contribution < -0.4 is 4.74 Å². The van der Waals surface area contributed by atoms with Gasteiger partial charge in [-0.05, 0) is 34.1 Å². The van der Waals surface area contributed by atoms with Gasteiger partial charge in [0.25, 0.3) is 0 Å². The van der Waals surface area contributed by atoms with Gasteiger partial charge in [-0.25, -0.2) is 4.98 Å². The van der Waals surface area contributed by atoms with Crippen LogP contribution in [0.2, 0.25) is 0 Å². The number of aromatic nitrogens is 1. The monoisotopic (exact) mass is 319 g/mol. The van der Waals surface area contributed by atoms with Crippen LogP contribution in [0.1, 0.15) is 5.56 Å². The first-order valence-corrected chi connectivity index (χ1v) is 5.88. The Kier molecular flexibility index (Phi) is 3.73. The van der Waals surface area contributed by atoms with Crippen LogP contribution in [0.5, 0.6) is 11.6 Å². The maximum absolute atomic E-state index is 11.0. The molecule has 0 saturated heterocycles. The first-order valence-electron chi connectivity index (χ1n) is 5.09. The van der Waals surface area contributed by atoms with Crippen molar-refractivity contribution in [1.82, 2.24) is 4.98 Å². The number of pyridine rings is 1. The first kappa shape index (κ1) is 13.0. The Balaban J connectivity index is 2.50. The molecule has 0 radical (unpaired) electrons. The van der Waals surface area contributed by atoms with Crippen molar-refractivity contribution in [3.63, 3.8) is 0 Å². The molecule has 0 atom stereocenters. The highest BCUT2D eigenvalue weighted by molar-refractivity contribution is 9.10. The lowest BCUT2D eigenvalue weighted by atomic mass is 10.2. The molecule has 0 bridgehead atoms. The predicted octanol–water partition coefficient (Wildman–Crippen LogP) is 3.42. The van der Waals surface area contributed by atoms with Crippen LogP contribution in [0, 0.1) is 21.4 Å². The summed E-state index contributed by atoms with van der Waals surface area (Å²) >= 11 is 3.26. The summed E-state index contributed by atoms with van der Waals surface area (Å²) in [6.07, 6.45) is 1.29. The van der Waals surface area contributed by atoms with Crippen LogP contribution >= 0.6 is 15.9 Å². The topological polar surface area (TPSA) is 89.0 Å². The first-order chi connectivity index (χ1) is 9.13. The van der Waals surface area contributed by atoms with Gasteiger partial charge in [0.05, 0.1) is 9.40 Å². The number of nitrogens with zero attached hydrogens (tertiary/aromatic N) is 3. The molecule has 0 fully saturated rings. The molecule has 0 unspecified atom stereocenters. The van der Waals surface area contributed by atoms with Crippen molar-refractivity contribution < 1.29 is 9.66 Å². The van der Waals surface area contributed by atoms with Gasteiger partial charge in [-0.1, -0.05) is 12.1 Å². The van der Waals surface area contributed by atoms with Crippen molar-refractivity contribution in [2.45, 2.75) is 0 Å². The van der Waals surface area contributed by atoms with Crippen LogP contribution in [-0.2, 0) is 0 Å². The molecule has 6 nitrogen and oxygen atoms in total. The number of benzene rings is 1. The second-order valence-electron chi connectivity index (χ2n) is 3.41. The van der Waals surface area contributed by atoms with E-state index >= 15 is 0 Å². The minimum Gasteiger partial charge on any atom is -0.432 e. The van der Waals surface area contributed by atoms with Crippen molar-refractivity contribution >= 4 is 21.6 Å². The Hall–Kier alpha value is -2.46. The fourth-order valence-electron chi connectivity index (χ4n) is 1.41. The third-order valence-electron chi connectivity index (χ3n) is 2.24. The van der Waals surface area contributed by atoms with E-state index < -0.39 is 10.6 Å². The largest absolute Gasteiger partial charge is 0.432 e. The number of ether oxygens (including phenoxy) is 1. The smallest absolute Gasteiger partial charge is 0.348 e. The molecule has 2 rings (SSSR count). The maximum atomic E-state index is 11.0. The van der Waals surface area contributed by atoms with Gasteiger partial charge in [0, 0.05) is 6.20 Å². The highest BCUT2D eigenvalue weighted by atomic mass is 79.9. The van der Waals surface area contributed by atoms with Crippen LogP contribution in [-0.4, -0.2) is 9.91 Å². The van der Waals surface area contributed by atoms with Crippen molar-refractivity contribution in [1.29, 1.82) is 5.26 Å². The zero-order valence-electron chi connectivity index (χ0n) is 9.41. The minimum atomic E-state index is -0.683. The number of halogens is 1. The Labute approximate surface area is 116 Å². The summed E-state index contributed by atoms with van der Waals surface area (Å²) in [4.78, 5) is 14.1. The number of hydrogen-bond acceptors (Lipinski definition) is 5. The lowest BCUT2D eigenvalue weighted by Crippen LogP contribution is -1.99. The van der Waals surface area contributed by atoms with E-state index in [-0.39, 0.29) is 11.4 Å². The summed E-state index contributed by atoms with van der Waals surface area (Å²) in [5, 5.41) is 19.9. The molecule has 0 saturated carbocycles. The normalized spacial score (nSPS) is 9.68. The third-order valence-corrected chi connectivity index (χ3v) is 2.89. The number of nitriles is 1. The summed E-state index contributed by atoms with van der Waals surface area (Å²) in [6.45, 7) is 0. The molecule has 94 valence electrons. The molecular formula is C12H6BrN3O3. The maximum Gasteiger partial charge on any atom is 0.348 e. The molecule has 0 amide bonds. The van der Waals surface area contributed by atoms with Crippen LogP contribution in [0.15, 0.2) is 41.0 Å². The highest BCUT2D eigenvalue weighted by Gasteiger charge is 2.23. The van der Waals surface area contributed by atoms with E-state index in [4.69, 9.17) is 10.00 Å². The summed E-state index contributed by atoms with van der Waals surface area (Å²) in [7, 11) is 0. The summed E-state index contributed by atoms with van der Waals surface area (Å²) in [6, 6.07) is 9.88. The molecule has 0 aliphatic rings. The average molecular weight is 320 g/mol. The predicted molar refractivity (Wildman–Crippen MR) is 69.8 cm³/mol. The second-order valence-corrected chi connectivity index (χ2v) is 4.27. The number of para-hydroxylation sites is 1. The molecule has 0 N–H and O–H groups in total. The van der Waals surface area contributed by atoms with Gasteiger partial charge in [-0.2, -0.15) is 5.26 Å². The molecule has 0 aliphatic heterocycles. The van der Waals surface area contributed by atoms with Gasteiger partial charge in [-0.15, -0.1) is 0 Å². The van der Waals surface area contributed by atoms with E-state index in [1.807, 2.05) is 0 Å². The van der Waals surface area contributed by atoms with Gasteiger partial charge < -0.3 is 4.74 Å². The highest BCUT2D eigenvalue weighted by Crippen LogP contribution is 2.34. The molecule has 1 aromatic carbocycles. The Morgan fingerprint density at radius 2 is 2.11 bits per heavy atom. The lowest BCUT2D eigenvalue weighted by Gasteiger charge is -2.07. The molecule has 0 spiro atoms. The number of rotatable bonds is 3. The fraction of sp³-hybridized carbons (Fsp3) is 0. The van der Waals surface area contributed by atoms with Gasteiger partial charge >= 0.3 is 11.6 Å². The third kappa shape index (κ3) is 2.69. The van der Waals surface area contributed by atoms with E-state index in [0.717, 1.165) is 0 Å². The Bertz CT molecular complexity index is 682. The van der Waals surface area contributed by atoms with E-state index in [0.29, 0.717) is 10.2 Å². The second kappa shape index (κ2) is 5.46. The quantitative estimate of drug-likeness (QED) is 0.638. The molecular weight excluding hydrogens is 314 g/mol. The summed E-state index contributed by atoms with van der Waals surface area (Å²) in [5.41, 5.74) is -0.539. The summed E-state index contributed by atoms with van der Waals surface area (Å²) < 4.78 is 6.03. The van der Waals surface area contributed by atoms with E-state index in [1.54, 1.807) is 30.3 Å². The molecule has 2 aromatic rings. The zero-order chi connectivity index (χ0) is 13.8. The Morgan fingerprint density at radius 3 is 2.74 bits per heavy atom. The van der Waals surface area contributed by atoms with Crippen LogP contribution in [0.4, 0.5) is 5.69 Å². The van der Waals surface area contributed by atoms with Crippen molar-refractivity contribution in [2.75, 3.05) is 0 Å². The SMILES string of the molecule is N#Cc1ccnc(Oc2ccccc2Br)c1[N+](=O)[O-]. The van der Waals surface area contributed by atoms with Crippen molar-refractivity contribution in [2.24, 2.45) is 0 Å². The zero-order valence-corrected chi connectivity index (χ0v) is 11.0. The van der Waals surface area contributed by atoms with E-state index in [2.05, 4.69) is 20.9 Å². The van der Waals surface area contributed by atoms with Gasteiger partial charge in [0.2, 0.25) is 0 Å². The standard InChI is InChI=1S/C12H6BrN3O3/c13-9-3-1-2-4-10(9)19-12-11(16(17)18)8(7-14)5-6-15-12/h1-6H. The Morgan fingerprint density at radius 1 is 1.37 bits per heavy atom. The van der Waals surface area contributed by atoms with Crippen molar-refractivity contribution in [3.8, 4) is 17.7 Å². The van der Waals surface area contributed by atoms with E-state index in [9.17, 15) is 10.1 Å². The minimum absolute atomic E-state index is 0.0953. The fourth-order valence-corrected chi connectivity index (χ4v) is 1.77. The lowest BCUT2D eigenvalue weighted by molar-refractivity contribution is -0.386. The van der Waals surface area contributed by atoms with E-state index in [1.165, 1.54) is 12.3 Å². The number of nitro groups is 1. The number of hydrogen-bond donors (Lipinski definition) is 0. The molecule has 0 aliphatic carbocycles. The van der Waals surface area contributed by atoms with Crippen molar-refractivity contribution in [3.05, 3.63) is 56.7 Å². The average Bonchev–Trinajstić information content (AvgIpc) is 2.40. The van der Waals surface area contributed by atoms with Gasteiger partial charge in [0.15, 0.2) is 0 Å². The van der Waals surface area contributed by atoms with Gasteiger partial charge in [0.1, 0.15) is 17.4 Å². The van der Waals surface area contributed by atoms with Crippen LogP contribution in [0.3, 0.4) is 0 Å². The molecule has 1 heterocycles. The molecule has 7 heteroatoms. The molecule has 1 aromatic heterocycles. The van der Waals surface area contributed by atoms with Gasteiger partial charge in [-0.3, -0.25) is 10.1 Å². The summed E-state index contributed by atoms with van der Waals surface area (Å²) in [5.74, 6) is 0.170.